The van der Waals surface area contributed by atoms with Crippen LogP contribution in [-0.2, 0) is 24.9 Å². The van der Waals surface area contributed by atoms with Crippen LogP contribution < -0.4 is 14.1 Å². The predicted octanol–water partition coefficient (Wildman–Crippen LogP) is 5.21. The number of anilines is 2. The van der Waals surface area contributed by atoms with Crippen LogP contribution in [0.4, 0.5) is 24.7 Å². The summed E-state index contributed by atoms with van der Waals surface area (Å²) in [4.78, 5) is 12.9. The lowest BCUT2D eigenvalue weighted by Crippen LogP contribution is -2.40. The number of aliphatic imine (C=N–C) groups is 1. The summed E-state index contributed by atoms with van der Waals surface area (Å²) in [5.74, 6) is -0.113. The van der Waals surface area contributed by atoms with Gasteiger partial charge in [-0.2, -0.15) is 18.2 Å². The van der Waals surface area contributed by atoms with Crippen molar-refractivity contribution < 1.29 is 34.8 Å². The number of halogens is 3. The van der Waals surface area contributed by atoms with E-state index in [4.69, 9.17) is 4.84 Å². The van der Waals surface area contributed by atoms with Crippen molar-refractivity contribution in [3.63, 3.8) is 0 Å². The van der Waals surface area contributed by atoms with Crippen molar-refractivity contribution in [2.24, 2.45) is 4.99 Å². The van der Waals surface area contributed by atoms with E-state index in [0.717, 1.165) is 16.1 Å². The van der Waals surface area contributed by atoms with E-state index in [1.165, 1.54) is 60.7 Å². The molecule has 1 aliphatic rings. The molecule has 230 valence electrons. The molecule has 2 heterocycles. The van der Waals surface area contributed by atoms with Crippen LogP contribution in [0.1, 0.15) is 11.1 Å². The van der Waals surface area contributed by atoms with Gasteiger partial charge in [-0.05, 0) is 44.7 Å². The van der Waals surface area contributed by atoms with Gasteiger partial charge in [0.15, 0.2) is 11.7 Å². The van der Waals surface area contributed by atoms with E-state index in [9.17, 15) is 30.0 Å². The maximum Gasteiger partial charge on any atom is 0.407 e. The summed E-state index contributed by atoms with van der Waals surface area (Å²) in [5.41, 5.74) is 3.63. The number of fused-ring (bicyclic) bond motifs is 1. The van der Waals surface area contributed by atoms with Gasteiger partial charge < -0.3 is 4.84 Å². The number of amidine groups is 1. The van der Waals surface area contributed by atoms with Crippen LogP contribution in [0.25, 0.3) is 10.8 Å². The Morgan fingerprint density at radius 1 is 0.818 bits per heavy atom. The Balaban J connectivity index is 1.72. The summed E-state index contributed by atoms with van der Waals surface area (Å²) in [7, 11) is -9.09. The van der Waals surface area contributed by atoms with E-state index in [-0.39, 0.29) is 48.1 Å². The molecule has 0 bridgehead atoms. The van der Waals surface area contributed by atoms with Gasteiger partial charge in [0, 0.05) is 10.8 Å². The molecule has 10 nitrogen and oxygen atoms in total. The van der Waals surface area contributed by atoms with E-state index in [1.54, 1.807) is 26.0 Å². The molecular formula is C29H26F3N5O5S2. The number of aromatic nitrogens is 1. The molecule has 0 unspecified atom stereocenters. The number of aryl methyl sites for hydroxylation is 2. The van der Waals surface area contributed by atoms with Gasteiger partial charge in [0.2, 0.25) is 5.88 Å². The third-order valence-corrected chi connectivity index (χ3v) is 10.2. The van der Waals surface area contributed by atoms with Crippen LogP contribution in [0, 0.1) is 13.8 Å². The fraction of sp³-hybridized carbons (Fsp3) is 0.172. The zero-order valence-electron chi connectivity index (χ0n) is 23.4. The molecule has 5 rings (SSSR count). The largest absolute Gasteiger partial charge is 0.407 e. The number of hydrogen-bond acceptors (Lipinski definition) is 8. The van der Waals surface area contributed by atoms with Gasteiger partial charge in [0.1, 0.15) is 6.54 Å². The first kappa shape index (κ1) is 30.8. The molecule has 4 aromatic rings. The van der Waals surface area contributed by atoms with Crippen LogP contribution in [0.2, 0.25) is 0 Å². The molecule has 0 saturated heterocycles. The molecule has 0 saturated carbocycles. The van der Waals surface area contributed by atoms with E-state index < -0.39 is 39.3 Å². The Morgan fingerprint density at radius 3 is 1.84 bits per heavy atom. The third-order valence-electron chi connectivity index (χ3n) is 6.64. The highest BCUT2D eigenvalue weighted by atomic mass is 32.2. The highest BCUT2D eigenvalue weighted by molar-refractivity contribution is 7.93. The maximum atomic E-state index is 14.0. The van der Waals surface area contributed by atoms with Crippen LogP contribution in [0.15, 0.2) is 106 Å². The Kier molecular flexibility index (Phi) is 8.03. The minimum atomic E-state index is -4.92. The number of sulfonamides is 2. The molecule has 0 fully saturated rings. The fourth-order valence-electron chi connectivity index (χ4n) is 4.49. The van der Waals surface area contributed by atoms with Crippen LogP contribution in [0.3, 0.4) is 0 Å². The quantitative estimate of drug-likeness (QED) is 0.265. The molecule has 0 aliphatic carbocycles. The Morgan fingerprint density at radius 2 is 1.34 bits per heavy atom. The zero-order valence-corrected chi connectivity index (χ0v) is 25.0. The normalized spacial score (nSPS) is 13.8. The second kappa shape index (κ2) is 11.5. The van der Waals surface area contributed by atoms with Gasteiger partial charge in [0.05, 0.1) is 28.2 Å². The number of nitrogens with one attached hydrogen (secondary N) is 1. The summed E-state index contributed by atoms with van der Waals surface area (Å²) >= 11 is 0. The van der Waals surface area contributed by atoms with Gasteiger partial charge in [-0.15, -0.1) is 0 Å². The first-order valence-electron chi connectivity index (χ1n) is 13.0. The number of pyridine rings is 1. The molecule has 0 spiro atoms. The highest BCUT2D eigenvalue weighted by Crippen LogP contribution is 2.38. The van der Waals surface area contributed by atoms with Crippen molar-refractivity contribution in [2.75, 3.05) is 21.7 Å². The van der Waals surface area contributed by atoms with E-state index in [2.05, 4.69) is 22.0 Å². The molecule has 0 atom stereocenters. The van der Waals surface area contributed by atoms with Crippen molar-refractivity contribution in [3.8, 4) is 0 Å². The second-order valence-corrected chi connectivity index (χ2v) is 13.7. The van der Waals surface area contributed by atoms with Gasteiger partial charge in [0.25, 0.3) is 20.0 Å². The van der Waals surface area contributed by atoms with Crippen LogP contribution >= 0.6 is 0 Å². The van der Waals surface area contributed by atoms with E-state index >= 15 is 0 Å². The predicted molar refractivity (Wildman–Crippen MR) is 160 cm³/mol. The summed E-state index contributed by atoms with van der Waals surface area (Å²) < 4.78 is 98.2. The lowest BCUT2D eigenvalue weighted by molar-refractivity contribution is -0.117. The topological polar surface area (TPSA) is 121 Å². The van der Waals surface area contributed by atoms with Gasteiger partial charge in [-0.3, -0.25) is 4.31 Å². The highest BCUT2D eigenvalue weighted by Gasteiger charge is 2.39. The summed E-state index contributed by atoms with van der Waals surface area (Å²) in [6.45, 7) is 4.81. The van der Waals surface area contributed by atoms with Gasteiger partial charge in [-0.1, -0.05) is 59.7 Å². The van der Waals surface area contributed by atoms with Gasteiger partial charge >= 0.3 is 6.18 Å². The average Bonchev–Trinajstić information content (AvgIpc) is 3.39. The molecular weight excluding hydrogens is 619 g/mol. The van der Waals surface area contributed by atoms with Crippen LogP contribution in [0.5, 0.6) is 0 Å². The number of hydrogen-bond donors (Lipinski definition) is 1. The number of benzene rings is 3. The summed E-state index contributed by atoms with van der Waals surface area (Å²) in [6.07, 6.45) is -4.00. The van der Waals surface area contributed by atoms with Crippen molar-refractivity contribution in [1.29, 1.82) is 0 Å². The first-order valence-corrected chi connectivity index (χ1v) is 15.9. The summed E-state index contributed by atoms with van der Waals surface area (Å²) in [5, 5.41) is 0.0915. The van der Waals surface area contributed by atoms with Crippen molar-refractivity contribution in [1.82, 2.24) is 10.5 Å². The lowest BCUT2D eigenvalue weighted by Gasteiger charge is -2.29. The molecule has 3 aromatic carbocycles. The standard InChI is InChI=1S/C29H26F3N5O5S2/c1-19-8-12-22(13-9-19)43(38,39)36(17-27-34-21(3)42-35-27)28-25-7-5-4-6-24(25)26(16-33-28)37(18-29(30,31)32)44(40,41)23-14-10-20(2)11-15-23/h4-16H,3,17-18H2,1-2H3,(H,34,35). The van der Waals surface area contributed by atoms with Gasteiger partial charge in [-0.25, -0.2) is 31.6 Å². The third kappa shape index (κ3) is 6.19. The first-order chi connectivity index (χ1) is 20.7. The molecule has 0 amide bonds. The Hall–Kier alpha value is -4.63. The van der Waals surface area contributed by atoms with E-state index in [0.29, 0.717) is 5.56 Å². The fourth-order valence-corrected chi connectivity index (χ4v) is 7.34. The summed E-state index contributed by atoms with van der Waals surface area (Å²) in [6, 6.07) is 17.3. The Bertz CT molecular complexity index is 1980. The molecule has 15 heteroatoms. The second-order valence-electron chi connectivity index (χ2n) is 9.93. The van der Waals surface area contributed by atoms with Crippen molar-refractivity contribution in [3.05, 3.63) is 103 Å². The SMILES string of the molecule is C=C1N=C(CN(c2ncc(N(CC(F)(F)F)S(=O)(=O)c3ccc(C)cc3)c3ccccc23)S(=O)(=O)c2ccc(C)cc2)NO1. The minimum Gasteiger partial charge on any atom is -0.361 e. The molecule has 1 aliphatic heterocycles. The van der Waals surface area contributed by atoms with Crippen molar-refractivity contribution >= 4 is 48.2 Å². The smallest absolute Gasteiger partial charge is 0.361 e. The monoisotopic (exact) mass is 645 g/mol. The molecule has 0 radical (unpaired) electrons. The number of rotatable bonds is 9. The number of alkyl halides is 3. The Labute approximate surface area is 252 Å². The zero-order chi connectivity index (χ0) is 31.9. The van der Waals surface area contributed by atoms with Crippen LogP contribution in [-0.4, -0.2) is 46.9 Å². The molecule has 1 aromatic heterocycles. The molecule has 44 heavy (non-hydrogen) atoms. The lowest BCUT2D eigenvalue weighted by atomic mass is 10.1. The van der Waals surface area contributed by atoms with E-state index in [1.807, 2.05) is 0 Å². The minimum absolute atomic E-state index is 0.00930. The maximum absolute atomic E-state index is 14.0. The average molecular weight is 646 g/mol. The van der Waals surface area contributed by atoms with Crippen molar-refractivity contribution in [2.45, 2.75) is 29.8 Å². The number of nitrogens with zero attached hydrogens (tertiary/aromatic N) is 4. The number of hydroxylamine groups is 1. The molecule has 1 N–H and O–H groups in total.